The average Bonchev–Trinajstić information content (AvgIpc) is 3.37. The van der Waals surface area contributed by atoms with Crippen molar-refractivity contribution in [3.8, 4) is 11.5 Å². The van der Waals surface area contributed by atoms with Gasteiger partial charge in [-0.25, -0.2) is 0 Å². The quantitative estimate of drug-likeness (QED) is 0.489. The Balaban J connectivity index is 1.37. The number of allylic oxidation sites excluding steroid dienone is 1. The van der Waals surface area contributed by atoms with Crippen LogP contribution in [0.25, 0.3) is 6.08 Å². The molecule has 0 atom stereocenters. The number of halogens is 1. The summed E-state index contributed by atoms with van der Waals surface area (Å²) in [5, 5.41) is 2.77. The molecule has 1 aromatic heterocycles. The maximum absolute atomic E-state index is 12.9. The van der Waals surface area contributed by atoms with Gasteiger partial charge in [0.15, 0.2) is 5.76 Å². The minimum Gasteiger partial charge on any atom is -0.477 e. The normalized spacial score (nSPS) is 16.9. The summed E-state index contributed by atoms with van der Waals surface area (Å²) in [4.78, 5) is 16.2. The van der Waals surface area contributed by atoms with E-state index in [0.29, 0.717) is 23.8 Å². The maximum atomic E-state index is 12.9. The molecule has 2 aliphatic heterocycles. The van der Waals surface area contributed by atoms with Gasteiger partial charge in [-0.2, -0.15) is 0 Å². The van der Waals surface area contributed by atoms with Crippen molar-refractivity contribution in [1.82, 2.24) is 4.90 Å². The van der Waals surface area contributed by atoms with Crippen molar-refractivity contribution in [2.75, 3.05) is 13.3 Å². The molecule has 3 heterocycles. The summed E-state index contributed by atoms with van der Waals surface area (Å²) in [5.74, 6) is 1.74. The fourth-order valence-corrected chi connectivity index (χ4v) is 4.80. The second-order valence-corrected chi connectivity index (χ2v) is 8.88. The third-order valence-corrected chi connectivity index (χ3v) is 6.66. The van der Waals surface area contributed by atoms with E-state index in [-0.39, 0.29) is 5.78 Å². The van der Waals surface area contributed by atoms with Crippen molar-refractivity contribution in [1.29, 1.82) is 0 Å². The van der Waals surface area contributed by atoms with Gasteiger partial charge in [0.25, 0.3) is 0 Å². The fourth-order valence-electron chi connectivity index (χ4n) is 3.92. The number of carbonyl (C=O) groups excluding carboxylic acids is 1. The zero-order chi connectivity index (χ0) is 20.7. The highest BCUT2D eigenvalue weighted by Gasteiger charge is 2.33. The van der Waals surface area contributed by atoms with Crippen molar-refractivity contribution in [3.63, 3.8) is 0 Å². The second kappa shape index (κ2) is 7.91. The number of hydrogen-bond donors (Lipinski definition) is 0. The van der Waals surface area contributed by atoms with Crippen molar-refractivity contribution in [2.45, 2.75) is 19.9 Å². The number of carbonyl (C=O) groups is 1. The van der Waals surface area contributed by atoms with Gasteiger partial charge in [0.2, 0.25) is 5.78 Å². The highest BCUT2D eigenvalue weighted by atomic mass is 35.5. The Morgan fingerprint density at radius 2 is 2.07 bits per heavy atom. The molecule has 0 unspecified atom stereocenters. The van der Waals surface area contributed by atoms with Crippen molar-refractivity contribution in [3.05, 3.63) is 85.8 Å². The summed E-state index contributed by atoms with van der Waals surface area (Å²) in [7, 11) is 0. The van der Waals surface area contributed by atoms with E-state index < -0.39 is 0 Å². The molecule has 0 saturated carbocycles. The Kier molecular flexibility index (Phi) is 5.11. The van der Waals surface area contributed by atoms with Crippen molar-refractivity contribution in [2.24, 2.45) is 0 Å². The molecule has 152 valence electrons. The SMILES string of the molecule is Cc1c2c(cc3c1O/C(=C\c1cccs1)C3=O)CN(CCc1ccccc1Cl)CO2. The first-order valence-electron chi connectivity index (χ1n) is 9.83. The van der Waals surface area contributed by atoms with Gasteiger partial charge in [0.05, 0.1) is 5.56 Å². The van der Waals surface area contributed by atoms with Gasteiger partial charge in [-0.3, -0.25) is 9.69 Å². The Morgan fingerprint density at radius 3 is 2.87 bits per heavy atom. The van der Waals surface area contributed by atoms with E-state index in [2.05, 4.69) is 11.0 Å². The molecule has 0 bridgehead atoms. The Hall–Kier alpha value is -2.60. The molecule has 0 radical (unpaired) electrons. The van der Waals surface area contributed by atoms with Gasteiger partial charge in [-0.05, 0) is 42.5 Å². The standard InChI is InChI=1S/C24H20ClNO3S/c1-15-23-17(13-26(14-28-23)9-8-16-5-2-3-7-20(16)25)11-19-22(27)21(29-24(15)19)12-18-6-4-10-30-18/h2-7,10-12H,8-9,13-14H2,1H3/b21-12-. The number of ketones is 1. The highest BCUT2D eigenvalue weighted by molar-refractivity contribution is 7.10. The number of fused-ring (bicyclic) bond motifs is 2. The molecule has 0 amide bonds. The summed E-state index contributed by atoms with van der Waals surface area (Å²) >= 11 is 7.86. The molecule has 0 aliphatic carbocycles. The summed E-state index contributed by atoms with van der Waals surface area (Å²) in [6.45, 7) is 4.01. The van der Waals surface area contributed by atoms with E-state index in [1.165, 1.54) is 0 Å². The van der Waals surface area contributed by atoms with Crippen LogP contribution in [0.4, 0.5) is 0 Å². The van der Waals surface area contributed by atoms with Crippen LogP contribution in [0.2, 0.25) is 5.02 Å². The maximum Gasteiger partial charge on any atom is 0.232 e. The number of hydrogen-bond acceptors (Lipinski definition) is 5. The lowest BCUT2D eigenvalue weighted by Crippen LogP contribution is -2.34. The molecule has 0 N–H and O–H groups in total. The van der Waals surface area contributed by atoms with E-state index >= 15 is 0 Å². The molecular weight excluding hydrogens is 418 g/mol. The molecule has 2 aromatic carbocycles. The van der Waals surface area contributed by atoms with Crippen LogP contribution in [0.5, 0.6) is 11.5 Å². The van der Waals surface area contributed by atoms with Crippen LogP contribution in [-0.2, 0) is 13.0 Å². The largest absolute Gasteiger partial charge is 0.477 e. The minimum atomic E-state index is -0.0718. The molecular formula is C24H20ClNO3S. The van der Waals surface area contributed by atoms with Gasteiger partial charge in [0.1, 0.15) is 18.2 Å². The van der Waals surface area contributed by atoms with E-state index in [1.807, 2.05) is 54.8 Å². The summed E-state index contributed by atoms with van der Waals surface area (Å²) in [5.41, 5.74) is 3.65. The second-order valence-electron chi connectivity index (χ2n) is 7.49. The topological polar surface area (TPSA) is 38.8 Å². The van der Waals surface area contributed by atoms with Crippen LogP contribution in [0.1, 0.15) is 31.9 Å². The number of thiophene rings is 1. The zero-order valence-electron chi connectivity index (χ0n) is 16.5. The number of Topliss-reactive ketones (excluding diaryl/α,β-unsaturated/α-hetero) is 1. The van der Waals surface area contributed by atoms with Gasteiger partial charge < -0.3 is 9.47 Å². The molecule has 4 nitrogen and oxygen atoms in total. The van der Waals surface area contributed by atoms with Crippen LogP contribution in [-0.4, -0.2) is 24.0 Å². The van der Waals surface area contributed by atoms with E-state index in [1.54, 1.807) is 11.3 Å². The number of rotatable bonds is 4. The average molecular weight is 438 g/mol. The van der Waals surface area contributed by atoms with Crippen LogP contribution < -0.4 is 9.47 Å². The van der Waals surface area contributed by atoms with Gasteiger partial charge in [-0.1, -0.05) is 35.9 Å². The third kappa shape index (κ3) is 3.54. The zero-order valence-corrected chi connectivity index (χ0v) is 18.1. The molecule has 5 rings (SSSR count). The minimum absolute atomic E-state index is 0.0718. The van der Waals surface area contributed by atoms with Crippen LogP contribution in [0.15, 0.2) is 53.6 Å². The smallest absolute Gasteiger partial charge is 0.232 e. The van der Waals surface area contributed by atoms with Crippen LogP contribution in [0.3, 0.4) is 0 Å². The Bertz CT molecular complexity index is 1150. The molecule has 6 heteroatoms. The number of nitrogens with zero attached hydrogens (tertiary/aromatic N) is 1. The van der Waals surface area contributed by atoms with Gasteiger partial charge in [0, 0.05) is 40.2 Å². The third-order valence-electron chi connectivity index (χ3n) is 5.47. The first kappa shape index (κ1) is 19.4. The highest BCUT2D eigenvalue weighted by Crippen LogP contribution is 2.43. The first-order valence-corrected chi connectivity index (χ1v) is 11.1. The van der Waals surface area contributed by atoms with E-state index in [0.717, 1.165) is 51.8 Å². The van der Waals surface area contributed by atoms with Gasteiger partial charge in [-0.15, -0.1) is 11.3 Å². The first-order chi connectivity index (χ1) is 14.6. The summed E-state index contributed by atoms with van der Waals surface area (Å²) < 4.78 is 12.0. The van der Waals surface area contributed by atoms with Crippen LogP contribution in [0, 0.1) is 6.92 Å². The fraction of sp³-hybridized carbons (Fsp3) is 0.208. The lowest BCUT2D eigenvalue weighted by molar-refractivity contribution is 0.0954. The number of ether oxygens (including phenoxy) is 2. The summed E-state index contributed by atoms with van der Waals surface area (Å²) in [6, 6.07) is 13.8. The predicted molar refractivity (Wildman–Crippen MR) is 119 cm³/mol. The van der Waals surface area contributed by atoms with Crippen molar-refractivity contribution < 1.29 is 14.3 Å². The predicted octanol–water partition coefficient (Wildman–Crippen LogP) is 5.72. The Morgan fingerprint density at radius 1 is 1.20 bits per heavy atom. The molecule has 2 aliphatic rings. The lowest BCUT2D eigenvalue weighted by Gasteiger charge is -2.30. The monoisotopic (exact) mass is 437 g/mol. The number of benzene rings is 2. The van der Waals surface area contributed by atoms with E-state index in [9.17, 15) is 4.79 Å². The Labute approximate surface area is 184 Å². The molecule has 0 spiro atoms. The molecule has 0 saturated heterocycles. The molecule has 3 aromatic rings. The van der Waals surface area contributed by atoms with Gasteiger partial charge >= 0.3 is 0 Å². The molecule has 0 fully saturated rings. The molecule has 30 heavy (non-hydrogen) atoms. The van der Waals surface area contributed by atoms with Crippen molar-refractivity contribution >= 4 is 34.8 Å². The lowest BCUT2D eigenvalue weighted by atomic mass is 10.00. The van der Waals surface area contributed by atoms with Crippen LogP contribution >= 0.6 is 22.9 Å². The summed E-state index contributed by atoms with van der Waals surface area (Å²) in [6.07, 6.45) is 2.65. The van der Waals surface area contributed by atoms with E-state index in [4.69, 9.17) is 21.1 Å².